The molecule has 2 rings (SSSR count). The van der Waals surface area contributed by atoms with Gasteiger partial charge in [-0.1, -0.05) is 17.7 Å². The third-order valence-corrected chi connectivity index (χ3v) is 2.89. The van der Waals surface area contributed by atoms with Crippen LogP contribution in [0.2, 0.25) is 5.02 Å². The molecule has 0 atom stereocenters. The van der Waals surface area contributed by atoms with Gasteiger partial charge in [-0.2, -0.15) is 0 Å². The van der Waals surface area contributed by atoms with E-state index in [0.717, 1.165) is 24.2 Å². The van der Waals surface area contributed by atoms with E-state index < -0.39 is 0 Å². The summed E-state index contributed by atoms with van der Waals surface area (Å²) in [5, 5.41) is 0.707. The van der Waals surface area contributed by atoms with Gasteiger partial charge in [-0.05, 0) is 37.5 Å². The van der Waals surface area contributed by atoms with Crippen molar-refractivity contribution in [3.05, 3.63) is 28.8 Å². The molecule has 76 valence electrons. The Morgan fingerprint density at radius 1 is 1.50 bits per heavy atom. The molecule has 0 saturated heterocycles. The zero-order chi connectivity index (χ0) is 10.2. The maximum atomic E-state index is 5.90. The molecular formula is C11H14ClNO. The first-order valence-electron chi connectivity index (χ1n) is 4.80. The monoisotopic (exact) mass is 211 g/mol. The van der Waals surface area contributed by atoms with E-state index >= 15 is 0 Å². The Bertz CT molecular complexity index is 347. The molecule has 1 aliphatic rings. The lowest BCUT2D eigenvalue weighted by atomic mass is 10.2. The van der Waals surface area contributed by atoms with Gasteiger partial charge in [0.2, 0.25) is 0 Å². The highest BCUT2D eigenvalue weighted by Gasteiger charge is 2.44. The molecule has 0 aromatic heterocycles. The lowest BCUT2D eigenvalue weighted by Crippen LogP contribution is -2.28. The fourth-order valence-electron chi connectivity index (χ4n) is 1.40. The molecule has 2 N–H and O–H groups in total. The van der Waals surface area contributed by atoms with Gasteiger partial charge >= 0.3 is 0 Å². The fourth-order valence-corrected chi connectivity index (χ4v) is 1.57. The molecule has 0 spiro atoms. The van der Waals surface area contributed by atoms with Crippen LogP contribution in [0.3, 0.4) is 0 Å². The van der Waals surface area contributed by atoms with E-state index in [2.05, 4.69) is 0 Å². The molecule has 0 amide bonds. The summed E-state index contributed by atoms with van der Waals surface area (Å²) < 4.78 is 5.86. The van der Waals surface area contributed by atoms with Gasteiger partial charge in [-0.25, -0.2) is 0 Å². The van der Waals surface area contributed by atoms with Crippen LogP contribution in [0.4, 0.5) is 0 Å². The number of hydrogen-bond donors (Lipinski definition) is 1. The molecule has 0 bridgehead atoms. The van der Waals surface area contributed by atoms with Crippen molar-refractivity contribution in [1.29, 1.82) is 0 Å². The number of benzene rings is 1. The number of ether oxygens (including phenoxy) is 1. The summed E-state index contributed by atoms with van der Waals surface area (Å²) in [5.74, 6) is 0.862. The molecule has 0 unspecified atom stereocenters. The molecule has 0 aliphatic heterocycles. The Morgan fingerprint density at radius 3 is 2.79 bits per heavy atom. The van der Waals surface area contributed by atoms with Crippen LogP contribution in [-0.4, -0.2) is 12.1 Å². The topological polar surface area (TPSA) is 35.2 Å². The lowest BCUT2D eigenvalue weighted by molar-refractivity contribution is 0.186. The molecule has 3 heteroatoms. The van der Waals surface area contributed by atoms with Gasteiger partial charge in [0.1, 0.15) is 11.4 Å². The summed E-state index contributed by atoms with van der Waals surface area (Å²) >= 11 is 5.90. The molecule has 0 radical (unpaired) electrons. The zero-order valence-electron chi connectivity index (χ0n) is 8.22. The van der Waals surface area contributed by atoms with Crippen molar-refractivity contribution >= 4 is 11.6 Å². The number of hydrogen-bond acceptors (Lipinski definition) is 2. The van der Waals surface area contributed by atoms with Gasteiger partial charge in [-0.3, -0.25) is 0 Å². The van der Waals surface area contributed by atoms with Gasteiger partial charge < -0.3 is 10.5 Å². The maximum Gasteiger partial charge on any atom is 0.124 e. The normalized spacial score (nSPS) is 17.9. The highest BCUT2D eigenvalue weighted by atomic mass is 35.5. The van der Waals surface area contributed by atoms with Crippen LogP contribution < -0.4 is 10.5 Å². The van der Waals surface area contributed by atoms with Crippen LogP contribution in [-0.2, 0) is 0 Å². The molecule has 14 heavy (non-hydrogen) atoms. The number of halogens is 1. The smallest absolute Gasteiger partial charge is 0.124 e. The Morgan fingerprint density at radius 2 is 2.21 bits per heavy atom. The predicted octanol–water partition coefficient (Wildman–Crippen LogP) is 2.52. The molecule has 1 fully saturated rings. The predicted molar refractivity (Wildman–Crippen MR) is 57.8 cm³/mol. The highest BCUT2D eigenvalue weighted by Crippen LogP contribution is 2.40. The number of rotatable bonds is 3. The van der Waals surface area contributed by atoms with Crippen molar-refractivity contribution in [2.75, 3.05) is 6.54 Å². The van der Waals surface area contributed by atoms with E-state index in [1.807, 2.05) is 25.1 Å². The van der Waals surface area contributed by atoms with E-state index in [1.165, 1.54) is 0 Å². The number of aryl methyl sites for hydroxylation is 1. The second-order valence-corrected chi connectivity index (χ2v) is 4.34. The van der Waals surface area contributed by atoms with E-state index in [0.29, 0.717) is 11.6 Å². The highest BCUT2D eigenvalue weighted by molar-refractivity contribution is 6.30. The van der Waals surface area contributed by atoms with E-state index in [9.17, 15) is 0 Å². The summed E-state index contributed by atoms with van der Waals surface area (Å²) in [6.45, 7) is 2.59. The minimum absolute atomic E-state index is 0.102. The van der Waals surface area contributed by atoms with Crippen molar-refractivity contribution in [3.8, 4) is 5.75 Å². The molecule has 1 saturated carbocycles. The van der Waals surface area contributed by atoms with Crippen LogP contribution in [0.1, 0.15) is 18.4 Å². The Balaban J connectivity index is 2.20. The first-order chi connectivity index (χ1) is 6.65. The summed E-state index contributed by atoms with van der Waals surface area (Å²) in [4.78, 5) is 0. The van der Waals surface area contributed by atoms with E-state index in [1.54, 1.807) is 0 Å². The minimum atomic E-state index is -0.102. The first kappa shape index (κ1) is 9.81. The van der Waals surface area contributed by atoms with Crippen LogP contribution in [0.5, 0.6) is 5.75 Å². The summed E-state index contributed by atoms with van der Waals surface area (Å²) in [6.07, 6.45) is 2.10. The molecule has 2 nitrogen and oxygen atoms in total. The maximum absolute atomic E-state index is 5.90. The summed E-state index contributed by atoms with van der Waals surface area (Å²) in [7, 11) is 0. The SMILES string of the molecule is Cc1ccc(Cl)cc1OC1(CN)CC1. The third kappa shape index (κ3) is 1.86. The lowest BCUT2D eigenvalue weighted by Gasteiger charge is -2.17. The van der Waals surface area contributed by atoms with Crippen LogP contribution in [0.15, 0.2) is 18.2 Å². The number of nitrogens with two attached hydrogens (primary N) is 1. The second kappa shape index (κ2) is 3.44. The Kier molecular flexibility index (Phi) is 2.41. The van der Waals surface area contributed by atoms with E-state index in [4.69, 9.17) is 22.1 Å². The minimum Gasteiger partial charge on any atom is -0.486 e. The van der Waals surface area contributed by atoms with Gasteiger partial charge in [0.25, 0.3) is 0 Å². The van der Waals surface area contributed by atoms with Crippen molar-refractivity contribution < 1.29 is 4.74 Å². The van der Waals surface area contributed by atoms with Gasteiger partial charge in [0.15, 0.2) is 0 Å². The second-order valence-electron chi connectivity index (χ2n) is 3.90. The Labute approximate surface area is 89.0 Å². The van der Waals surface area contributed by atoms with Crippen molar-refractivity contribution in [2.24, 2.45) is 5.73 Å². The zero-order valence-corrected chi connectivity index (χ0v) is 8.97. The van der Waals surface area contributed by atoms with Gasteiger partial charge in [0.05, 0.1) is 0 Å². The molecule has 1 aromatic rings. The van der Waals surface area contributed by atoms with Gasteiger partial charge in [0, 0.05) is 11.6 Å². The van der Waals surface area contributed by atoms with Crippen molar-refractivity contribution in [2.45, 2.75) is 25.4 Å². The molecule has 0 heterocycles. The summed E-state index contributed by atoms with van der Waals surface area (Å²) in [5.41, 5.74) is 6.65. The van der Waals surface area contributed by atoms with Crippen molar-refractivity contribution in [3.63, 3.8) is 0 Å². The molecule has 1 aliphatic carbocycles. The quantitative estimate of drug-likeness (QED) is 0.834. The molecular weight excluding hydrogens is 198 g/mol. The fraction of sp³-hybridized carbons (Fsp3) is 0.455. The average Bonchev–Trinajstić information content (AvgIpc) is 2.92. The third-order valence-electron chi connectivity index (χ3n) is 2.66. The average molecular weight is 212 g/mol. The van der Waals surface area contributed by atoms with E-state index in [-0.39, 0.29) is 5.60 Å². The first-order valence-corrected chi connectivity index (χ1v) is 5.18. The standard InChI is InChI=1S/C11H14ClNO/c1-8-2-3-9(12)6-10(8)14-11(7-13)4-5-11/h2-3,6H,4-5,7,13H2,1H3. The summed E-state index contributed by atoms with van der Waals surface area (Å²) in [6, 6.07) is 5.68. The van der Waals surface area contributed by atoms with Crippen LogP contribution in [0.25, 0.3) is 0 Å². The van der Waals surface area contributed by atoms with Crippen molar-refractivity contribution in [1.82, 2.24) is 0 Å². The van der Waals surface area contributed by atoms with Gasteiger partial charge in [-0.15, -0.1) is 0 Å². The Hall–Kier alpha value is -0.730. The molecule has 1 aromatic carbocycles. The van der Waals surface area contributed by atoms with Crippen LogP contribution in [0, 0.1) is 6.92 Å². The largest absolute Gasteiger partial charge is 0.486 e. The van der Waals surface area contributed by atoms with Crippen LogP contribution >= 0.6 is 11.6 Å².